The number of aryl methyl sites for hydroxylation is 1. The summed E-state index contributed by atoms with van der Waals surface area (Å²) in [5.74, 6) is -0.249. The first-order valence-corrected chi connectivity index (χ1v) is 4.18. The fourth-order valence-corrected chi connectivity index (χ4v) is 0.910. The molecule has 1 amide bonds. The number of aliphatic hydroxyl groups excluding tert-OH is 1. The van der Waals surface area contributed by atoms with Crippen molar-refractivity contribution in [1.82, 2.24) is 14.9 Å². The monoisotopic (exact) mass is 183 g/mol. The molecule has 13 heavy (non-hydrogen) atoms. The average Bonchev–Trinajstić information content (AvgIpc) is 2.62. The molecule has 1 heterocycles. The molecule has 0 bridgehead atoms. The number of carbonyl (C=O) groups is 1. The number of aromatic nitrogens is 2. The van der Waals surface area contributed by atoms with Crippen LogP contribution >= 0.6 is 0 Å². The van der Waals surface area contributed by atoms with E-state index in [1.165, 1.54) is 0 Å². The maximum atomic E-state index is 11.2. The van der Waals surface area contributed by atoms with Crippen molar-refractivity contribution >= 4 is 5.91 Å². The van der Waals surface area contributed by atoms with Crippen LogP contribution < -0.4 is 5.32 Å². The molecular weight excluding hydrogens is 170 g/mol. The molecule has 0 aromatic carbocycles. The minimum absolute atomic E-state index is 0.0553. The van der Waals surface area contributed by atoms with E-state index in [1.807, 2.05) is 11.5 Å². The van der Waals surface area contributed by atoms with Gasteiger partial charge in [0.05, 0.1) is 12.9 Å². The predicted octanol–water partition coefficient (Wildman–Crippen LogP) is -0.375. The molecule has 0 saturated carbocycles. The number of hydrogen-bond acceptors (Lipinski definition) is 3. The molecule has 0 aliphatic rings. The predicted molar refractivity (Wildman–Crippen MR) is 47.3 cm³/mol. The van der Waals surface area contributed by atoms with E-state index in [9.17, 15) is 4.79 Å². The largest absolute Gasteiger partial charge is 0.395 e. The zero-order chi connectivity index (χ0) is 9.68. The van der Waals surface area contributed by atoms with Crippen LogP contribution in [0.25, 0.3) is 0 Å². The van der Waals surface area contributed by atoms with Gasteiger partial charge in [-0.25, -0.2) is 4.98 Å². The van der Waals surface area contributed by atoms with E-state index < -0.39 is 0 Å². The van der Waals surface area contributed by atoms with E-state index in [0.29, 0.717) is 5.69 Å². The molecule has 1 aromatic heterocycles. The number of nitrogens with one attached hydrogen (secondary N) is 1. The summed E-state index contributed by atoms with van der Waals surface area (Å²) in [4.78, 5) is 15.1. The van der Waals surface area contributed by atoms with Crippen molar-refractivity contribution in [3.63, 3.8) is 0 Å². The Morgan fingerprint density at radius 2 is 2.54 bits per heavy atom. The van der Waals surface area contributed by atoms with Crippen LogP contribution in [-0.2, 0) is 6.54 Å². The Morgan fingerprint density at radius 1 is 1.77 bits per heavy atom. The molecule has 0 radical (unpaired) electrons. The second-order valence-electron chi connectivity index (χ2n) is 2.57. The summed E-state index contributed by atoms with van der Waals surface area (Å²) in [5.41, 5.74) is 0.385. The van der Waals surface area contributed by atoms with Crippen molar-refractivity contribution in [3.05, 3.63) is 18.2 Å². The van der Waals surface area contributed by atoms with Crippen LogP contribution in [0.15, 0.2) is 12.5 Å². The lowest BCUT2D eigenvalue weighted by atomic mass is 10.4. The molecule has 0 fully saturated rings. The number of carbonyl (C=O) groups excluding carboxylic acids is 1. The third-order valence-electron chi connectivity index (χ3n) is 1.63. The SMILES string of the molecule is CCn1cnc(C(=O)NCCO)c1. The molecular formula is C8H13N3O2. The summed E-state index contributed by atoms with van der Waals surface area (Å²) < 4.78 is 1.81. The Hall–Kier alpha value is -1.36. The van der Waals surface area contributed by atoms with E-state index in [1.54, 1.807) is 12.5 Å². The molecule has 0 aliphatic heterocycles. The Labute approximate surface area is 76.4 Å². The maximum Gasteiger partial charge on any atom is 0.271 e. The summed E-state index contributed by atoms with van der Waals surface area (Å²) in [6.45, 7) is 2.97. The zero-order valence-electron chi connectivity index (χ0n) is 7.53. The second-order valence-corrected chi connectivity index (χ2v) is 2.57. The van der Waals surface area contributed by atoms with Gasteiger partial charge in [0.1, 0.15) is 5.69 Å². The summed E-state index contributed by atoms with van der Waals surface area (Å²) in [7, 11) is 0. The van der Waals surface area contributed by atoms with Crippen LogP contribution in [-0.4, -0.2) is 33.7 Å². The van der Waals surface area contributed by atoms with Crippen molar-refractivity contribution in [2.45, 2.75) is 13.5 Å². The highest BCUT2D eigenvalue weighted by molar-refractivity contribution is 5.91. The van der Waals surface area contributed by atoms with Gasteiger partial charge in [0.25, 0.3) is 5.91 Å². The van der Waals surface area contributed by atoms with Crippen molar-refractivity contribution in [2.24, 2.45) is 0 Å². The van der Waals surface area contributed by atoms with Gasteiger partial charge in [-0.1, -0.05) is 0 Å². The minimum atomic E-state index is -0.249. The van der Waals surface area contributed by atoms with Crippen LogP contribution in [0.4, 0.5) is 0 Å². The van der Waals surface area contributed by atoms with E-state index in [2.05, 4.69) is 10.3 Å². The first-order chi connectivity index (χ1) is 6.27. The van der Waals surface area contributed by atoms with E-state index in [-0.39, 0.29) is 19.1 Å². The first kappa shape index (κ1) is 9.73. The lowest BCUT2D eigenvalue weighted by molar-refractivity contribution is 0.0940. The third kappa shape index (κ3) is 2.55. The fourth-order valence-electron chi connectivity index (χ4n) is 0.910. The molecule has 1 rings (SSSR count). The quantitative estimate of drug-likeness (QED) is 0.669. The van der Waals surface area contributed by atoms with Crippen molar-refractivity contribution in [1.29, 1.82) is 0 Å². The molecule has 0 spiro atoms. The number of aliphatic hydroxyl groups is 1. The van der Waals surface area contributed by atoms with Gasteiger partial charge in [0.15, 0.2) is 0 Å². The van der Waals surface area contributed by atoms with Gasteiger partial charge in [0.2, 0.25) is 0 Å². The Morgan fingerprint density at radius 3 is 3.08 bits per heavy atom. The van der Waals surface area contributed by atoms with E-state index in [4.69, 9.17) is 5.11 Å². The molecule has 5 nitrogen and oxygen atoms in total. The van der Waals surface area contributed by atoms with Crippen LogP contribution in [0.1, 0.15) is 17.4 Å². The number of nitrogens with zero attached hydrogens (tertiary/aromatic N) is 2. The van der Waals surface area contributed by atoms with Crippen molar-refractivity contribution < 1.29 is 9.90 Å². The Balaban J connectivity index is 2.55. The van der Waals surface area contributed by atoms with Gasteiger partial charge in [-0.15, -0.1) is 0 Å². The van der Waals surface area contributed by atoms with Crippen molar-refractivity contribution in [2.75, 3.05) is 13.2 Å². The van der Waals surface area contributed by atoms with Gasteiger partial charge in [-0.05, 0) is 6.92 Å². The summed E-state index contributed by atoms with van der Waals surface area (Å²) in [6.07, 6.45) is 3.28. The van der Waals surface area contributed by atoms with E-state index >= 15 is 0 Å². The summed E-state index contributed by atoms with van der Waals surface area (Å²) >= 11 is 0. The zero-order valence-corrected chi connectivity index (χ0v) is 7.53. The molecule has 2 N–H and O–H groups in total. The summed E-state index contributed by atoms with van der Waals surface area (Å²) in [6, 6.07) is 0. The summed E-state index contributed by atoms with van der Waals surface area (Å²) in [5, 5.41) is 11.0. The molecule has 0 unspecified atom stereocenters. The lowest BCUT2D eigenvalue weighted by Crippen LogP contribution is -2.26. The average molecular weight is 183 g/mol. The molecule has 0 saturated heterocycles. The fraction of sp³-hybridized carbons (Fsp3) is 0.500. The Bertz CT molecular complexity index is 283. The lowest BCUT2D eigenvalue weighted by Gasteiger charge is -1.98. The van der Waals surface area contributed by atoms with Gasteiger partial charge < -0.3 is 15.0 Å². The molecule has 0 atom stereocenters. The number of amides is 1. The number of hydrogen-bond donors (Lipinski definition) is 2. The highest BCUT2D eigenvalue weighted by Gasteiger charge is 2.06. The first-order valence-electron chi connectivity index (χ1n) is 4.18. The van der Waals surface area contributed by atoms with Gasteiger partial charge in [0, 0.05) is 19.3 Å². The third-order valence-corrected chi connectivity index (χ3v) is 1.63. The molecule has 0 aliphatic carbocycles. The maximum absolute atomic E-state index is 11.2. The molecule has 5 heteroatoms. The van der Waals surface area contributed by atoms with Crippen LogP contribution in [0.3, 0.4) is 0 Å². The topological polar surface area (TPSA) is 67.2 Å². The van der Waals surface area contributed by atoms with Crippen LogP contribution in [0.5, 0.6) is 0 Å². The van der Waals surface area contributed by atoms with E-state index in [0.717, 1.165) is 6.54 Å². The number of rotatable bonds is 4. The highest BCUT2D eigenvalue weighted by Crippen LogP contribution is 1.95. The highest BCUT2D eigenvalue weighted by atomic mass is 16.3. The van der Waals surface area contributed by atoms with Crippen LogP contribution in [0, 0.1) is 0 Å². The normalized spacial score (nSPS) is 10.0. The standard InChI is InChI=1S/C8H13N3O2/c1-2-11-5-7(10-6-11)8(13)9-3-4-12/h5-6,12H,2-4H2,1H3,(H,9,13). The second kappa shape index (κ2) is 4.61. The smallest absolute Gasteiger partial charge is 0.271 e. The van der Waals surface area contributed by atoms with Gasteiger partial charge in [-0.2, -0.15) is 0 Å². The van der Waals surface area contributed by atoms with Crippen molar-refractivity contribution in [3.8, 4) is 0 Å². The van der Waals surface area contributed by atoms with Crippen LogP contribution in [0.2, 0.25) is 0 Å². The van der Waals surface area contributed by atoms with Gasteiger partial charge >= 0.3 is 0 Å². The Kier molecular flexibility index (Phi) is 3.45. The van der Waals surface area contributed by atoms with Gasteiger partial charge in [-0.3, -0.25) is 4.79 Å². The molecule has 72 valence electrons. The molecule has 1 aromatic rings. The minimum Gasteiger partial charge on any atom is -0.395 e. The number of imidazole rings is 1.